The van der Waals surface area contributed by atoms with E-state index in [1.807, 2.05) is 36.7 Å². The summed E-state index contributed by atoms with van der Waals surface area (Å²) in [6.07, 6.45) is 4.82. The molecule has 0 fully saturated rings. The molecule has 0 radical (unpaired) electrons. The maximum absolute atomic E-state index is 5.94. The standard InChI is InChI=1S/C18H21N5O/c1-13-12-24-15-5-2-4-14(10-15)16-11-21-23-9-6-17(22-18(16)23)20-8-3-7-19-13/h2,4-6,9-11,13,19H,3,7-8,12H2,1H3,(H,20,22). The summed E-state index contributed by atoms with van der Waals surface area (Å²) in [7, 11) is 0. The summed E-state index contributed by atoms with van der Waals surface area (Å²) >= 11 is 0. The topological polar surface area (TPSA) is 63.5 Å². The molecule has 3 aromatic rings. The molecule has 0 spiro atoms. The lowest BCUT2D eigenvalue weighted by Gasteiger charge is -2.15. The molecule has 2 N–H and O–H groups in total. The van der Waals surface area contributed by atoms with Gasteiger partial charge in [0.2, 0.25) is 0 Å². The summed E-state index contributed by atoms with van der Waals surface area (Å²) < 4.78 is 7.74. The Morgan fingerprint density at radius 2 is 2.21 bits per heavy atom. The summed E-state index contributed by atoms with van der Waals surface area (Å²) in [6.45, 7) is 4.60. The van der Waals surface area contributed by atoms with E-state index in [2.05, 4.69) is 28.7 Å². The predicted molar refractivity (Wildman–Crippen MR) is 94.5 cm³/mol. The van der Waals surface area contributed by atoms with Gasteiger partial charge in [-0.15, -0.1) is 0 Å². The highest BCUT2D eigenvalue weighted by Crippen LogP contribution is 2.27. The molecule has 1 unspecified atom stereocenters. The van der Waals surface area contributed by atoms with Crippen LogP contribution in [0.15, 0.2) is 42.7 Å². The number of nitrogens with one attached hydrogen (secondary N) is 2. The quantitative estimate of drug-likeness (QED) is 0.666. The van der Waals surface area contributed by atoms with E-state index in [1.54, 1.807) is 4.52 Å². The second kappa shape index (κ2) is 6.49. The third-order valence-corrected chi connectivity index (χ3v) is 4.17. The Balaban J connectivity index is 1.77. The first-order valence-corrected chi connectivity index (χ1v) is 8.34. The number of aromatic nitrogens is 3. The van der Waals surface area contributed by atoms with Crippen LogP contribution in [0.4, 0.5) is 5.82 Å². The smallest absolute Gasteiger partial charge is 0.165 e. The third kappa shape index (κ3) is 3.05. The molecule has 4 rings (SSSR count). The first-order chi connectivity index (χ1) is 11.8. The Morgan fingerprint density at radius 3 is 3.17 bits per heavy atom. The van der Waals surface area contributed by atoms with Crippen molar-refractivity contribution in [2.75, 3.05) is 25.0 Å². The Hall–Kier alpha value is -2.60. The zero-order valence-electron chi connectivity index (χ0n) is 13.7. The first kappa shape index (κ1) is 15.0. The first-order valence-electron chi connectivity index (χ1n) is 8.34. The zero-order chi connectivity index (χ0) is 16.4. The molecule has 1 aliphatic heterocycles. The fraction of sp³-hybridized carbons (Fsp3) is 0.333. The summed E-state index contributed by atoms with van der Waals surface area (Å²) in [4.78, 5) is 4.72. The number of anilines is 1. The van der Waals surface area contributed by atoms with Crippen LogP contribution in [0, 0.1) is 0 Å². The van der Waals surface area contributed by atoms with E-state index in [0.29, 0.717) is 12.6 Å². The van der Waals surface area contributed by atoms with Crippen molar-refractivity contribution in [3.63, 3.8) is 0 Å². The van der Waals surface area contributed by atoms with Gasteiger partial charge in [0.05, 0.1) is 6.20 Å². The summed E-state index contributed by atoms with van der Waals surface area (Å²) in [5.41, 5.74) is 2.91. The highest BCUT2D eigenvalue weighted by atomic mass is 16.5. The van der Waals surface area contributed by atoms with Crippen molar-refractivity contribution in [1.29, 1.82) is 0 Å². The maximum atomic E-state index is 5.94. The Morgan fingerprint density at radius 1 is 1.25 bits per heavy atom. The molecular formula is C18H21N5O. The van der Waals surface area contributed by atoms with E-state index in [9.17, 15) is 0 Å². The monoisotopic (exact) mass is 323 g/mol. The van der Waals surface area contributed by atoms with Crippen LogP contribution in [-0.4, -0.2) is 40.3 Å². The highest BCUT2D eigenvalue weighted by molar-refractivity contribution is 5.78. The van der Waals surface area contributed by atoms with Gasteiger partial charge in [0, 0.05) is 24.3 Å². The molecule has 0 amide bonds. The largest absolute Gasteiger partial charge is 0.492 e. The number of nitrogens with zero attached hydrogens (tertiary/aromatic N) is 3. The summed E-state index contributed by atoms with van der Waals surface area (Å²) in [6, 6.07) is 10.4. The van der Waals surface area contributed by atoms with E-state index >= 15 is 0 Å². The number of hydrogen-bond donors (Lipinski definition) is 2. The van der Waals surface area contributed by atoms with Gasteiger partial charge in [-0.1, -0.05) is 12.1 Å². The molecule has 0 saturated heterocycles. The Labute approximate surface area is 140 Å². The molecule has 6 heteroatoms. The van der Waals surface area contributed by atoms with Crippen LogP contribution in [0.3, 0.4) is 0 Å². The summed E-state index contributed by atoms with van der Waals surface area (Å²) in [5, 5.41) is 11.3. The number of hydrogen-bond acceptors (Lipinski definition) is 5. The number of rotatable bonds is 0. The van der Waals surface area contributed by atoms with Crippen LogP contribution in [0.5, 0.6) is 5.75 Å². The van der Waals surface area contributed by atoms with Crippen molar-refractivity contribution >= 4 is 11.5 Å². The van der Waals surface area contributed by atoms with Gasteiger partial charge >= 0.3 is 0 Å². The van der Waals surface area contributed by atoms with Gasteiger partial charge in [0.25, 0.3) is 0 Å². The van der Waals surface area contributed by atoms with Crippen LogP contribution in [0.1, 0.15) is 13.3 Å². The molecule has 4 bridgehead atoms. The minimum atomic E-state index is 0.306. The second-order valence-corrected chi connectivity index (χ2v) is 6.11. The van der Waals surface area contributed by atoms with Crippen LogP contribution in [0.25, 0.3) is 16.8 Å². The van der Waals surface area contributed by atoms with E-state index in [0.717, 1.165) is 47.9 Å². The maximum Gasteiger partial charge on any atom is 0.165 e. The fourth-order valence-corrected chi connectivity index (χ4v) is 2.86. The molecule has 3 heterocycles. The van der Waals surface area contributed by atoms with E-state index in [4.69, 9.17) is 9.72 Å². The van der Waals surface area contributed by atoms with Crippen molar-refractivity contribution < 1.29 is 4.74 Å². The van der Waals surface area contributed by atoms with Gasteiger partial charge in [-0.05, 0) is 43.7 Å². The van der Waals surface area contributed by atoms with Gasteiger partial charge in [0.15, 0.2) is 5.65 Å². The van der Waals surface area contributed by atoms with Crippen molar-refractivity contribution in [1.82, 2.24) is 19.9 Å². The van der Waals surface area contributed by atoms with Gasteiger partial charge in [-0.25, -0.2) is 9.50 Å². The van der Waals surface area contributed by atoms with E-state index in [1.165, 1.54) is 0 Å². The fourth-order valence-electron chi connectivity index (χ4n) is 2.86. The SMILES string of the molecule is CC1COc2cccc(c2)-c2cnn3ccc(nc23)NCCCN1. The van der Waals surface area contributed by atoms with Crippen molar-refractivity contribution in [3.05, 3.63) is 42.7 Å². The number of benzene rings is 1. The molecule has 0 saturated carbocycles. The number of fused-ring (bicyclic) bond motifs is 4. The molecule has 1 aliphatic rings. The lowest BCUT2D eigenvalue weighted by molar-refractivity contribution is 0.273. The van der Waals surface area contributed by atoms with Crippen molar-refractivity contribution in [2.24, 2.45) is 0 Å². The molecule has 1 atom stereocenters. The van der Waals surface area contributed by atoms with Gasteiger partial charge in [0.1, 0.15) is 18.2 Å². The van der Waals surface area contributed by atoms with Gasteiger partial charge < -0.3 is 15.4 Å². The van der Waals surface area contributed by atoms with Gasteiger partial charge in [-0.3, -0.25) is 0 Å². The molecule has 2 aromatic heterocycles. The minimum absolute atomic E-state index is 0.306. The van der Waals surface area contributed by atoms with E-state index < -0.39 is 0 Å². The van der Waals surface area contributed by atoms with Crippen LogP contribution in [0.2, 0.25) is 0 Å². The lowest BCUT2D eigenvalue weighted by atomic mass is 10.1. The van der Waals surface area contributed by atoms with Gasteiger partial charge in [-0.2, -0.15) is 5.10 Å². The third-order valence-electron chi connectivity index (χ3n) is 4.17. The van der Waals surface area contributed by atoms with Crippen LogP contribution in [-0.2, 0) is 0 Å². The molecule has 0 aliphatic carbocycles. The van der Waals surface area contributed by atoms with Crippen molar-refractivity contribution in [2.45, 2.75) is 19.4 Å². The Bertz CT molecular complexity index is 844. The molecular weight excluding hydrogens is 302 g/mol. The second-order valence-electron chi connectivity index (χ2n) is 6.11. The highest BCUT2D eigenvalue weighted by Gasteiger charge is 2.11. The van der Waals surface area contributed by atoms with E-state index in [-0.39, 0.29) is 0 Å². The predicted octanol–water partition coefficient (Wildman–Crippen LogP) is 2.57. The van der Waals surface area contributed by atoms with Crippen LogP contribution < -0.4 is 15.4 Å². The van der Waals surface area contributed by atoms with Crippen LogP contribution >= 0.6 is 0 Å². The number of ether oxygens (including phenoxy) is 1. The molecule has 1 aromatic carbocycles. The zero-order valence-corrected chi connectivity index (χ0v) is 13.7. The lowest BCUT2D eigenvalue weighted by Crippen LogP contribution is -2.33. The minimum Gasteiger partial charge on any atom is -0.492 e. The molecule has 6 nitrogen and oxygen atoms in total. The normalized spacial score (nSPS) is 18.5. The van der Waals surface area contributed by atoms with Crippen molar-refractivity contribution in [3.8, 4) is 16.9 Å². The molecule has 124 valence electrons. The Kier molecular flexibility index (Phi) is 4.04. The average Bonchev–Trinajstić information content (AvgIpc) is 3.02. The molecule has 24 heavy (non-hydrogen) atoms. The summed E-state index contributed by atoms with van der Waals surface area (Å²) in [5.74, 6) is 1.74. The average molecular weight is 323 g/mol.